The van der Waals surface area contributed by atoms with E-state index in [0.29, 0.717) is 45.3 Å². The van der Waals surface area contributed by atoms with Crippen LogP contribution in [0.1, 0.15) is 43.4 Å². The fourth-order valence-corrected chi connectivity index (χ4v) is 5.03. The zero-order valence-corrected chi connectivity index (χ0v) is 24.5. The van der Waals surface area contributed by atoms with Crippen molar-refractivity contribution in [2.45, 2.75) is 33.3 Å². The molecule has 1 fully saturated rings. The van der Waals surface area contributed by atoms with Crippen LogP contribution in [0, 0.1) is 0 Å². The molecule has 3 aromatic carbocycles. The first-order chi connectivity index (χ1) is 19.1. The molecule has 0 atom stereocenters. The Hall–Kier alpha value is -3.46. The van der Waals surface area contributed by atoms with Gasteiger partial charge in [0.2, 0.25) is 5.91 Å². The van der Waals surface area contributed by atoms with Crippen LogP contribution in [0.2, 0.25) is 10.0 Å². The molecule has 0 spiro atoms. The van der Waals surface area contributed by atoms with Crippen molar-refractivity contribution in [1.82, 2.24) is 4.90 Å². The minimum atomic E-state index is -0.529. The van der Waals surface area contributed by atoms with E-state index in [4.69, 9.17) is 32.7 Å². The van der Waals surface area contributed by atoms with E-state index in [1.807, 2.05) is 25.1 Å². The summed E-state index contributed by atoms with van der Waals surface area (Å²) in [5, 5.41) is 3.14. The summed E-state index contributed by atoms with van der Waals surface area (Å²) in [6.07, 6.45) is 1.60. The third-order valence-corrected chi connectivity index (χ3v) is 7.63. The average Bonchev–Trinajstić information content (AvgIpc) is 3.17. The maximum absolute atomic E-state index is 13.0. The smallest absolute Gasteiger partial charge is 0.294 e. The van der Waals surface area contributed by atoms with Gasteiger partial charge in [-0.3, -0.25) is 19.3 Å². The number of nitrogens with zero attached hydrogens (tertiary/aromatic N) is 1. The maximum atomic E-state index is 13.0. The second kappa shape index (κ2) is 13.3. The fourth-order valence-electron chi connectivity index (χ4n) is 3.88. The number of hydrogen-bond acceptors (Lipinski definition) is 6. The van der Waals surface area contributed by atoms with Crippen molar-refractivity contribution in [2.24, 2.45) is 0 Å². The molecule has 7 nitrogen and oxygen atoms in total. The summed E-state index contributed by atoms with van der Waals surface area (Å²) in [6, 6.07) is 17.9. The number of carbonyl (C=O) groups excluding carboxylic acids is 3. The summed E-state index contributed by atoms with van der Waals surface area (Å²) in [4.78, 5) is 39.3. The van der Waals surface area contributed by atoms with E-state index < -0.39 is 17.1 Å². The van der Waals surface area contributed by atoms with Crippen molar-refractivity contribution < 1.29 is 23.9 Å². The molecule has 10 heteroatoms. The number of halogens is 2. The van der Waals surface area contributed by atoms with Crippen LogP contribution in [0.25, 0.3) is 6.08 Å². The number of imide groups is 1. The molecule has 40 heavy (non-hydrogen) atoms. The van der Waals surface area contributed by atoms with Crippen LogP contribution >= 0.6 is 35.0 Å². The molecule has 0 unspecified atom stereocenters. The number of ether oxygens (including phenoxy) is 2. The molecule has 3 aromatic rings. The molecule has 4 rings (SSSR count). The predicted octanol–water partition coefficient (Wildman–Crippen LogP) is 7.77. The van der Waals surface area contributed by atoms with Gasteiger partial charge in [0.1, 0.15) is 13.2 Å². The molecule has 208 valence electrons. The molecular weight excluding hydrogens is 571 g/mol. The highest BCUT2D eigenvalue weighted by Gasteiger charge is 2.36. The quantitative estimate of drug-likeness (QED) is 0.240. The van der Waals surface area contributed by atoms with Crippen molar-refractivity contribution in [3.05, 3.63) is 92.3 Å². The van der Waals surface area contributed by atoms with E-state index in [2.05, 4.69) is 19.2 Å². The molecule has 0 saturated carbocycles. The first-order valence-corrected chi connectivity index (χ1v) is 14.2. The average molecular weight is 600 g/mol. The van der Waals surface area contributed by atoms with Gasteiger partial charge in [-0.1, -0.05) is 61.3 Å². The van der Waals surface area contributed by atoms with Crippen molar-refractivity contribution in [1.29, 1.82) is 0 Å². The van der Waals surface area contributed by atoms with Crippen molar-refractivity contribution in [3.63, 3.8) is 0 Å². The summed E-state index contributed by atoms with van der Waals surface area (Å²) >= 11 is 12.9. The van der Waals surface area contributed by atoms with Gasteiger partial charge in [-0.25, -0.2) is 0 Å². The lowest BCUT2D eigenvalue weighted by molar-refractivity contribution is -0.127. The maximum Gasteiger partial charge on any atom is 0.294 e. The third kappa shape index (κ3) is 7.38. The van der Waals surface area contributed by atoms with Gasteiger partial charge in [0.05, 0.1) is 21.6 Å². The SMILES string of the molecule is CCOc1cc(/C=C2/SC(=O)N(CC(=O)Nc3ccc(C(C)C)cc3)C2=O)ccc1OCc1ccc(Cl)c(Cl)c1. The van der Waals surface area contributed by atoms with Gasteiger partial charge in [0.25, 0.3) is 11.1 Å². The summed E-state index contributed by atoms with van der Waals surface area (Å²) < 4.78 is 11.7. The van der Waals surface area contributed by atoms with Crippen LogP contribution in [0.15, 0.2) is 65.6 Å². The Morgan fingerprint density at radius 3 is 2.40 bits per heavy atom. The van der Waals surface area contributed by atoms with E-state index in [9.17, 15) is 14.4 Å². The summed E-state index contributed by atoms with van der Waals surface area (Å²) in [6.45, 7) is 6.29. The molecule has 1 N–H and O–H groups in total. The van der Waals surface area contributed by atoms with Crippen LogP contribution < -0.4 is 14.8 Å². The lowest BCUT2D eigenvalue weighted by Gasteiger charge is -2.14. The molecule has 0 bridgehead atoms. The van der Waals surface area contributed by atoms with E-state index in [1.165, 1.54) is 0 Å². The topological polar surface area (TPSA) is 84.9 Å². The van der Waals surface area contributed by atoms with Crippen LogP contribution in [-0.2, 0) is 16.2 Å². The van der Waals surface area contributed by atoms with Crippen molar-refractivity contribution >= 4 is 63.8 Å². The van der Waals surface area contributed by atoms with Gasteiger partial charge < -0.3 is 14.8 Å². The second-order valence-corrected chi connectivity index (χ2v) is 11.1. The van der Waals surface area contributed by atoms with Gasteiger partial charge in [0, 0.05) is 5.69 Å². The largest absolute Gasteiger partial charge is 0.490 e. The normalized spacial score (nSPS) is 14.2. The Balaban J connectivity index is 1.42. The Kier molecular flexibility index (Phi) is 9.79. The monoisotopic (exact) mass is 598 g/mol. The number of benzene rings is 3. The lowest BCUT2D eigenvalue weighted by atomic mass is 10.0. The molecule has 3 amide bonds. The van der Waals surface area contributed by atoms with Crippen LogP contribution in [-0.4, -0.2) is 35.1 Å². The van der Waals surface area contributed by atoms with Gasteiger partial charge >= 0.3 is 0 Å². The van der Waals surface area contributed by atoms with E-state index in [-0.39, 0.29) is 18.1 Å². The van der Waals surface area contributed by atoms with Crippen LogP contribution in [0.5, 0.6) is 11.5 Å². The number of thioether (sulfide) groups is 1. The molecule has 0 aromatic heterocycles. The lowest BCUT2D eigenvalue weighted by Crippen LogP contribution is -2.36. The van der Waals surface area contributed by atoms with E-state index in [0.717, 1.165) is 27.8 Å². The molecule has 1 saturated heterocycles. The summed E-state index contributed by atoms with van der Waals surface area (Å²) in [5.41, 5.74) is 3.23. The van der Waals surface area contributed by atoms with Gasteiger partial charge in [-0.15, -0.1) is 0 Å². The summed E-state index contributed by atoms with van der Waals surface area (Å²) in [7, 11) is 0. The minimum absolute atomic E-state index is 0.214. The van der Waals surface area contributed by atoms with E-state index in [1.54, 1.807) is 48.5 Å². The first-order valence-electron chi connectivity index (χ1n) is 12.6. The zero-order chi connectivity index (χ0) is 28.8. The standard InChI is InChI=1S/C30H28Cl2N2O5S/c1-4-38-26-14-19(6-12-25(26)39-17-20-5-11-23(31)24(32)13-20)15-27-29(36)34(30(37)40-27)16-28(35)33-22-9-7-21(8-10-22)18(2)3/h5-15,18H,4,16-17H2,1-3H3,(H,33,35)/b27-15+. The second-order valence-electron chi connectivity index (χ2n) is 9.27. The molecule has 1 aliphatic rings. The Bertz CT molecular complexity index is 1460. The van der Waals surface area contributed by atoms with E-state index >= 15 is 0 Å². The highest BCUT2D eigenvalue weighted by atomic mass is 35.5. The summed E-state index contributed by atoms with van der Waals surface area (Å²) in [5.74, 6) is 0.380. The van der Waals surface area contributed by atoms with Gasteiger partial charge in [0.15, 0.2) is 11.5 Å². The highest BCUT2D eigenvalue weighted by molar-refractivity contribution is 8.18. The predicted molar refractivity (Wildman–Crippen MR) is 160 cm³/mol. The Morgan fingerprint density at radius 2 is 1.73 bits per heavy atom. The number of hydrogen-bond donors (Lipinski definition) is 1. The minimum Gasteiger partial charge on any atom is -0.490 e. The van der Waals surface area contributed by atoms with Crippen molar-refractivity contribution in [2.75, 3.05) is 18.5 Å². The van der Waals surface area contributed by atoms with Gasteiger partial charge in [-0.2, -0.15) is 0 Å². The number of rotatable bonds is 10. The number of anilines is 1. The zero-order valence-electron chi connectivity index (χ0n) is 22.2. The molecular formula is C30H28Cl2N2O5S. The van der Waals surface area contributed by atoms with Gasteiger partial charge in [-0.05, 0) is 83.8 Å². The number of nitrogens with one attached hydrogen (secondary N) is 1. The number of amides is 3. The van der Waals surface area contributed by atoms with Crippen LogP contribution in [0.3, 0.4) is 0 Å². The Labute approximate surface area is 247 Å². The third-order valence-electron chi connectivity index (χ3n) is 5.98. The fraction of sp³-hybridized carbons (Fsp3) is 0.233. The molecule has 1 aliphatic heterocycles. The Morgan fingerprint density at radius 1 is 0.975 bits per heavy atom. The highest BCUT2D eigenvalue weighted by Crippen LogP contribution is 2.35. The molecule has 0 aliphatic carbocycles. The molecule has 1 heterocycles. The van der Waals surface area contributed by atoms with Crippen molar-refractivity contribution in [3.8, 4) is 11.5 Å². The first kappa shape index (κ1) is 29.5. The number of carbonyl (C=O) groups is 3. The molecule has 0 radical (unpaired) electrons. The van der Waals surface area contributed by atoms with Crippen LogP contribution in [0.4, 0.5) is 10.5 Å².